The van der Waals surface area contributed by atoms with E-state index in [2.05, 4.69) is 11.9 Å². The van der Waals surface area contributed by atoms with Gasteiger partial charge in [0.2, 0.25) is 0 Å². The van der Waals surface area contributed by atoms with Crippen molar-refractivity contribution in [2.24, 2.45) is 11.7 Å². The minimum atomic E-state index is -0.415. The summed E-state index contributed by atoms with van der Waals surface area (Å²) in [4.78, 5) is 13.9. The summed E-state index contributed by atoms with van der Waals surface area (Å²) in [7, 11) is 0. The first-order valence-electron chi connectivity index (χ1n) is 6.54. The Morgan fingerprint density at radius 1 is 1.47 bits per heavy atom. The normalized spacial score (nSPS) is 19.3. The first-order chi connectivity index (χ1) is 9.13. The second kappa shape index (κ2) is 4.51. The molecule has 5 nitrogen and oxygen atoms in total. The maximum absolute atomic E-state index is 11.2. The number of hydrogen-bond donors (Lipinski definition) is 2. The van der Waals surface area contributed by atoms with Gasteiger partial charge < -0.3 is 14.9 Å². The minimum Gasteiger partial charge on any atom is -0.408 e. The van der Waals surface area contributed by atoms with Crippen LogP contribution in [0.15, 0.2) is 27.4 Å². The van der Waals surface area contributed by atoms with E-state index in [0.29, 0.717) is 31.3 Å². The van der Waals surface area contributed by atoms with Gasteiger partial charge in [-0.15, -0.1) is 0 Å². The second-order valence-corrected chi connectivity index (χ2v) is 5.54. The van der Waals surface area contributed by atoms with Crippen molar-refractivity contribution in [1.29, 1.82) is 0 Å². The largest absolute Gasteiger partial charge is 0.417 e. The topological polar surface area (TPSA) is 81.2 Å². The van der Waals surface area contributed by atoms with E-state index in [1.54, 1.807) is 0 Å². The predicted octanol–water partition coefficient (Wildman–Crippen LogP) is 1.37. The molecule has 0 bridgehead atoms. The molecule has 0 aliphatic carbocycles. The molecule has 1 aliphatic heterocycles. The summed E-state index contributed by atoms with van der Waals surface area (Å²) in [5, 5.41) is 0. The van der Waals surface area contributed by atoms with E-state index in [9.17, 15) is 4.79 Å². The molecule has 3 rings (SSSR count). The molecule has 1 saturated heterocycles. The molecule has 1 fully saturated rings. The Morgan fingerprint density at radius 2 is 2.26 bits per heavy atom. The van der Waals surface area contributed by atoms with Crippen LogP contribution in [0.5, 0.6) is 0 Å². The van der Waals surface area contributed by atoms with Crippen LogP contribution in [0.4, 0.5) is 0 Å². The highest BCUT2D eigenvalue weighted by molar-refractivity contribution is 5.73. The van der Waals surface area contributed by atoms with E-state index < -0.39 is 5.76 Å². The molecule has 1 aliphatic rings. The smallest absolute Gasteiger partial charge is 0.408 e. The van der Waals surface area contributed by atoms with Crippen LogP contribution >= 0.6 is 0 Å². The number of nitrogens with one attached hydrogen (secondary N) is 1. The monoisotopic (exact) mass is 262 g/mol. The average Bonchev–Trinajstić information content (AvgIpc) is 2.72. The molecular weight excluding hydrogens is 244 g/mol. The van der Waals surface area contributed by atoms with Crippen LogP contribution in [0, 0.1) is 5.92 Å². The Balaban J connectivity index is 1.98. The molecule has 2 heterocycles. The quantitative estimate of drug-likeness (QED) is 0.872. The van der Waals surface area contributed by atoms with E-state index in [-0.39, 0.29) is 5.41 Å². The van der Waals surface area contributed by atoms with Crippen LogP contribution in [-0.2, 0) is 10.2 Å². The van der Waals surface area contributed by atoms with Gasteiger partial charge in [-0.25, -0.2) is 4.79 Å². The van der Waals surface area contributed by atoms with Crippen molar-refractivity contribution in [2.45, 2.75) is 18.8 Å². The van der Waals surface area contributed by atoms with Crippen molar-refractivity contribution in [1.82, 2.24) is 4.98 Å². The van der Waals surface area contributed by atoms with E-state index in [4.69, 9.17) is 14.9 Å². The highest BCUT2D eigenvalue weighted by atomic mass is 16.5. The van der Waals surface area contributed by atoms with Gasteiger partial charge in [-0.1, -0.05) is 13.0 Å². The van der Waals surface area contributed by atoms with E-state index in [1.807, 2.05) is 18.2 Å². The van der Waals surface area contributed by atoms with Gasteiger partial charge in [-0.3, -0.25) is 4.98 Å². The van der Waals surface area contributed by atoms with Crippen molar-refractivity contribution in [3.63, 3.8) is 0 Å². The number of oxazole rings is 1. The first-order valence-corrected chi connectivity index (χ1v) is 6.54. The Bertz CT molecular complexity index is 639. The minimum absolute atomic E-state index is 0.0289. The van der Waals surface area contributed by atoms with E-state index in [1.165, 1.54) is 5.56 Å². The van der Waals surface area contributed by atoms with Crippen LogP contribution in [0.3, 0.4) is 0 Å². The fourth-order valence-corrected chi connectivity index (χ4v) is 2.78. The molecule has 1 unspecified atom stereocenters. The molecule has 0 amide bonds. The van der Waals surface area contributed by atoms with Crippen molar-refractivity contribution in [3.05, 3.63) is 34.3 Å². The Morgan fingerprint density at radius 3 is 2.89 bits per heavy atom. The number of nitrogens with two attached hydrogens (primary N) is 1. The maximum atomic E-state index is 11.2. The second-order valence-electron chi connectivity index (χ2n) is 5.54. The Labute approximate surface area is 110 Å². The molecule has 1 aromatic heterocycles. The fraction of sp³-hybridized carbons (Fsp3) is 0.500. The molecule has 3 N–H and O–H groups in total. The lowest BCUT2D eigenvalue weighted by Gasteiger charge is -2.43. The third-order valence-electron chi connectivity index (χ3n) is 3.93. The van der Waals surface area contributed by atoms with Gasteiger partial charge >= 0.3 is 5.76 Å². The summed E-state index contributed by atoms with van der Waals surface area (Å²) in [6, 6.07) is 5.85. The van der Waals surface area contributed by atoms with Gasteiger partial charge in [-0.05, 0) is 36.6 Å². The Kier molecular flexibility index (Phi) is 2.95. The maximum Gasteiger partial charge on any atom is 0.417 e. The van der Waals surface area contributed by atoms with Gasteiger partial charge in [0.15, 0.2) is 5.58 Å². The highest BCUT2D eigenvalue weighted by Crippen LogP contribution is 2.38. The molecule has 0 spiro atoms. The number of ether oxygens (including phenoxy) is 1. The number of hydrogen-bond acceptors (Lipinski definition) is 4. The number of H-pyrrole nitrogens is 1. The van der Waals surface area contributed by atoms with Gasteiger partial charge in [0.1, 0.15) is 0 Å². The summed E-state index contributed by atoms with van der Waals surface area (Å²) in [6.45, 7) is 4.25. The molecule has 1 atom stereocenters. The van der Waals surface area contributed by atoms with E-state index >= 15 is 0 Å². The molecular formula is C14H18N2O3. The van der Waals surface area contributed by atoms with E-state index in [0.717, 1.165) is 11.9 Å². The molecule has 0 radical (unpaired) electrons. The van der Waals surface area contributed by atoms with Crippen LogP contribution in [0.25, 0.3) is 11.1 Å². The van der Waals surface area contributed by atoms with Gasteiger partial charge in [-0.2, -0.15) is 0 Å². The van der Waals surface area contributed by atoms with Gasteiger partial charge in [0.25, 0.3) is 0 Å². The van der Waals surface area contributed by atoms with Crippen LogP contribution in [-0.4, -0.2) is 24.7 Å². The van der Waals surface area contributed by atoms with Crippen molar-refractivity contribution >= 4 is 11.1 Å². The number of benzene rings is 1. The SMILES string of the molecule is CC(CN)CC1(c2ccc3oc(=O)[nH]c3c2)COC1. The zero-order valence-electron chi connectivity index (χ0n) is 10.9. The molecule has 19 heavy (non-hydrogen) atoms. The van der Waals surface area contributed by atoms with Crippen molar-refractivity contribution < 1.29 is 9.15 Å². The van der Waals surface area contributed by atoms with Crippen LogP contribution in [0.1, 0.15) is 18.9 Å². The average molecular weight is 262 g/mol. The number of aromatic nitrogens is 1. The van der Waals surface area contributed by atoms with Gasteiger partial charge in [0, 0.05) is 5.41 Å². The summed E-state index contributed by atoms with van der Waals surface area (Å²) < 4.78 is 10.4. The van der Waals surface area contributed by atoms with Crippen molar-refractivity contribution in [2.75, 3.05) is 19.8 Å². The number of fused-ring (bicyclic) bond motifs is 1. The lowest BCUT2D eigenvalue weighted by Crippen LogP contribution is -2.48. The standard InChI is InChI=1S/C14H18N2O3/c1-9(6-15)5-14(7-18-8-14)10-2-3-12-11(4-10)16-13(17)19-12/h2-4,9H,5-8,15H2,1H3,(H,16,17). The molecule has 2 aromatic rings. The fourth-order valence-electron chi connectivity index (χ4n) is 2.78. The first kappa shape index (κ1) is 12.4. The third kappa shape index (κ3) is 2.09. The summed E-state index contributed by atoms with van der Waals surface area (Å²) in [6.07, 6.45) is 0.997. The molecule has 1 aromatic carbocycles. The third-order valence-corrected chi connectivity index (χ3v) is 3.93. The summed E-state index contributed by atoms with van der Waals surface area (Å²) in [5.74, 6) is 0.0318. The molecule has 5 heteroatoms. The summed E-state index contributed by atoms with van der Waals surface area (Å²) in [5.41, 5.74) is 8.28. The van der Waals surface area contributed by atoms with Crippen LogP contribution < -0.4 is 11.5 Å². The Hall–Kier alpha value is -1.59. The lowest BCUT2D eigenvalue weighted by atomic mass is 9.72. The molecule has 0 saturated carbocycles. The summed E-state index contributed by atoms with van der Waals surface area (Å²) >= 11 is 0. The number of aromatic amines is 1. The molecule has 102 valence electrons. The highest BCUT2D eigenvalue weighted by Gasteiger charge is 2.41. The predicted molar refractivity (Wildman–Crippen MR) is 72.2 cm³/mol. The lowest BCUT2D eigenvalue weighted by molar-refractivity contribution is -0.0701. The number of rotatable bonds is 4. The zero-order chi connectivity index (χ0) is 13.5. The van der Waals surface area contributed by atoms with Crippen LogP contribution in [0.2, 0.25) is 0 Å². The van der Waals surface area contributed by atoms with Crippen molar-refractivity contribution in [3.8, 4) is 0 Å². The van der Waals surface area contributed by atoms with Gasteiger partial charge in [0.05, 0.1) is 18.7 Å². The zero-order valence-corrected chi connectivity index (χ0v) is 10.9.